The standard InChI is InChI=1S/C23H30N4O3/c1-25-11-7-17(8-12-25)27-22-18-5-3-4-6-20(18)30-23(19(22)15-24-27)9-13-26(14-10-23)21(28)16-29-2/h3-6,15,17H,7-14,16H2,1-2H3. The van der Waals surface area contributed by atoms with Crippen LogP contribution in [0.2, 0.25) is 0 Å². The summed E-state index contributed by atoms with van der Waals surface area (Å²) < 4.78 is 14.0. The minimum Gasteiger partial charge on any atom is -0.482 e. The summed E-state index contributed by atoms with van der Waals surface area (Å²) in [7, 11) is 3.75. The molecule has 0 N–H and O–H groups in total. The Hall–Kier alpha value is -2.38. The molecule has 0 aliphatic carbocycles. The van der Waals surface area contributed by atoms with E-state index in [9.17, 15) is 4.79 Å². The minimum atomic E-state index is -0.419. The Bertz CT molecular complexity index is 924. The fourth-order valence-electron chi connectivity index (χ4n) is 5.20. The van der Waals surface area contributed by atoms with E-state index in [4.69, 9.17) is 14.6 Å². The topological polar surface area (TPSA) is 59.8 Å². The number of fused-ring (bicyclic) bond motifs is 4. The number of piperidine rings is 2. The Morgan fingerprint density at radius 2 is 1.93 bits per heavy atom. The first-order valence-electron chi connectivity index (χ1n) is 10.9. The Morgan fingerprint density at radius 3 is 2.67 bits per heavy atom. The van der Waals surface area contributed by atoms with Gasteiger partial charge >= 0.3 is 0 Å². The third kappa shape index (κ3) is 3.20. The zero-order valence-electron chi connectivity index (χ0n) is 17.8. The number of para-hydroxylation sites is 1. The Labute approximate surface area is 177 Å². The number of ether oxygens (including phenoxy) is 2. The van der Waals surface area contributed by atoms with Gasteiger partial charge in [0, 0.05) is 44.2 Å². The highest BCUT2D eigenvalue weighted by Crippen LogP contribution is 2.50. The van der Waals surface area contributed by atoms with Gasteiger partial charge < -0.3 is 19.3 Å². The fourth-order valence-corrected chi connectivity index (χ4v) is 5.20. The lowest BCUT2D eigenvalue weighted by Gasteiger charge is -2.44. The molecule has 30 heavy (non-hydrogen) atoms. The average Bonchev–Trinajstić information content (AvgIpc) is 3.22. The molecule has 1 aromatic heterocycles. The Balaban J connectivity index is 1.50. The molecular formula is C23H30N4O3. The predicted molar refractivity (Wildman–Crippen MR) is 113 cm³/mol. The van der Waals surface area contributed by atoms with Crippen molar-refractivity contribution >= 4 is 5.91 Å². The van der Waals surface area contributed by atoms with Gasteiger partial charge in [0.05, 0.1) is 17.9 Å². The first kappa shape index (κ1) is 19.6. The smallest absolute Gasteiger partial charge is 0.248 e. The lowest BCUT2D eigenvalue weighted by atomic mass is 9.80. The normalized spacial score (nSPS) is 21.2. The van der Waals surface area contributed by atoms with Gasteiger partial charge in [0.1, 0.15) is 18.0 Å². The van der Waals surface area contributed by atoms with E-state index in [0.717, 1.165) is 50.1 Å². The molecule has 160 valence electrons. The van der Waals surface area contributed by atoms with Crippen molar-refractivity contribution in [2.24, 2.45) is 0 Å². The van der Waals surface area contributed by atoms with Crippen molar-refractivity contribution in [3.05, 3.63) is 36.0 Å². The summed E-state index contributed by atoms with van der Waals surface area (Å²) in [5.41, 5.74) is 3.10. The van der Waals surface area contributed by atoms with Crippen LogP contribution >= 0.6 is 0 Å². The molecule has 0 saturated carbocycles. The van der Waals surface area contributed by atoms with Crippen molar-refractivity contribution in [2.75, 3.05) is 46.9 Å². The second kappa shape index (κ2) is 7.71. The molecule has 3 aliphatic rings. The van der Waals surface area contributed by atoms with E-state index < -0.39 is 5.60 Å². The molecular weight excluding hydrogens is 380 g/mol. The fraction of sp³-hybridized carbons (Fsp3) is 0.565. The van der Waals surface area contributed by atoms with E-state index in [0.29, 0.717) is 19.1 Å². The molecule has 0 bridgehead atoms. The van der Waals surface area contributed by atoms with Crippen molar-refractivity contribution in [1.82, 2.24) is 19.6 Å². The first-order valence-corrected chi connectivity index (χ1v) is 10.9. The number of amides is 1. The molecule has 1 amide bonds. The monoisotopic (exact) mass is 410 g/mol. The molecule has 0 unspecified atom stereocenters. The van der Waals surface area contributed by atoms with Crippen molar-refractivity contribution in [3.63, 3.8) is 0 Å². The van der Waals surface area contributed by atoms with Crippen molar-refractivity contribution < 1.29 is 14.3 Å². The van der Waals surface area contributed by atoms with Crippen LogP contribution in [0, 0.1) is 0 Å². The van der Waals surface area contributed by atoms with Crippen LogP contribution in [0.3, 0.4) is 0 Å². The molecule has 2 saturated heterocycles. The molecule has 4 heterocycles. The van der Waals surface area contributed by atoms with Crippen molar-refractivity contribution in [3.8, 4) is 17.0 Å². The molecule has 5 rings (SSSR count). The molecule has 2 fully saturated rings. The molecule has 7 heteroatoms. The number of benzene rings is 1. The summed E-state index contributed by atoms with van der Waals surface area (Å²) in [5.74, 6) is 0.974. The van der Waals surface area contributed by atoms with Gasteiger partial charge in [0.2, 0.25) is 5.91 Å². The highest BCUT2D eigenvalue weighted by molar-refractivity contribution is 5.78. The Kier molecular flexibility index (Phi) is 5.03. The summed E-state index contributed by atoms with van der Waals surface area (Å²) in [6.07, 6.45) is 5.78. The van der Waals surface area contributed by atoms with Gasteiger partial charge in [0.25, 0.3) is 0 Å². The SMILES string of the molecule is COCC(=O)N1CCC2(CC1)Oc1ccccc1-c1c2cnn1C1CCN(C)CC1. The van der Waals surface area contributed by atoms with E-state index in [1.54, 1.807) is 7.11 Å². The average molecular weight is 411 g/mol. The summed E-state index contributed by atoms with van der Waals surface area (Å²) in [4.78, 5) is 16.6. The number of likely N-dealkylation sites (tertiary alicyclic amines) is 2. The van der Waals surface area contributed by atoms with Gasteiger partial charge in [-0.05, 0) is 45.1 Å². The van der Waals surface area contributed by atoms with Gasteiger partial charge in [0.15, 0.2) is 0 Å². The third-order valence-corrected chi connectivity index (χ3v) is 6.96. The van der Waals surface area contributed by atoms with Gasteiger partial charge in [-0.15, -0.1) is 0 Å². The molecule has 7 nitrogen and oxygen atoms in total. The second-order valence-electron chi connectivity index (χ2n) is 8.79. The molecule has 1 aromatic carbocycles. The van der Waals surface area contributed by atoms with Crippen LogP contribution in [0.25, 0.3) is 11.3 Å². The minimum absolute atomic E-state index is 0.0470. The van der Waals surface area contributed by atoms with Crippen LogP contribution < -0.4 is 4.74 Å². The highest BCUT2D eigenvalue weighted by atomic mass is 16.5. The van der Waals surface area contributed by atoms with Gasteiger partial charge in [-0.1, -0.05) is 12.1 Å². The zero-order valence-corrected chi connectivity index (χ0v) is 17.8. The molecule has 2 aromatic rings. The van der Waals surface area contributed by atoms with Crippen LogP contribution in [-0.4, -0.2) is 72.4 Å². The summed E-state index contributed by atoms with van der Waals surface area (Å²) in [5, 5.41) is 4.90. The third-order valence-electron chi connectivity index (χ3n) is 6.96. The zero-order chi connectivity index (χ0) is 20.7. The molecule has 3 aliphatic heterocycles. The highest BCUT2D eigenvalue weighted by Gasteiger charge is 2.46. The van der Waals surface area contributed by atoms with Gasteiger partial charge in [-0.2, -0.15) is 5.10 Å². The Morgan fingerprint density at radius 1 is 1.20 bits per heavy atom. The van der Waals surface area contributed by atoms with Gasteiger partial charge in [-0.25, -0.2) is 0 Å². The van der Waals surface area contributed by atoms with Crippen LogP contribution in [-0.2, 0) is 15.1 Å². The van der Waals surface area contributed by atoms with E-state index in [2.05, 4.69) is 34.8 Å². The van der Waals surface area contributed by atoms with Crippen LogP contribution in [0.15, 0.2) is 30.5 Å². The maximum Gasteiger partial charge on any atom is 0.248 e. The summed E-state index contributed by atoms with van der Waals surface area (Å²) in [6, 6.07) is 8.73. The maximum atomic E-state index is 12.3. The lowest BCUT2D eigenvalue weighted by Crippen LogP contribution is -2.49. The van der Waals surface area contributed by atoms with Gasteiger partial charge in [-0.3, -0.25) is 9.48 Å². The number of hydrogen-bond acceptors (Lipinski definition) is 5. The van der Waals surface area contributed by atoms with Crippen molar-refractivity contribution in [1.29, 1.82) is 0 Å². The molecule has 0 atom stereocenters. The first-order chi connectivity index (χ1) is 14.6. The van der Waals surface area contributed by atoms with Crippen LogP contribution in [0.5, 0.6) is 5.75 Å². The van der Waals surface area contributed by atoms with E-state index in [-0.39, 0.29) is 12.5 Å². The summed E-state index contributed by atoms with van der Waals surface area (Å²) in [6.45, 7) is 3.67. The molecule has 1 spiro atoms. The van der Waals surface area contributed by atoms with Crippen molar-refractivity contribution in [2.45, 2.75) is 37.3 Å². The summed E-state index contributed by atoms with van der Waals surface area (Å²) >= 11 is 0. The number of carbonyl (C=O) groups is 1. The lowest BCUT2D eigenvalue weighted by molar-refractivity contribution is -0.139. The quantitative estimate of drug-likeness (QED) is 0.779. The largest absolute Gasteiger partial charge is 0.482 e. The number of aromatic nitrogens is 2. The number of methoxy groups -OCH3 is 1. The van der Waals surface area contributed by atoms with E-state index in [1.165, 1.54) is 11.3 Å². The number of carbonyl (C=O) groups excluding carboxylic acids is 1. The van der Waals surface area contributed by atoms with Crippen LogP contribution in [0.4, 0.5) is 0 Å². The second-order valence-corrected chi connectivity index (χ2v) is 8.79. The molecule has 0 radical (unpaired) electrons. The number of hydrogen-bond donors (Lipinski definition) is 0. The maximum absolute atomic E-state index is 12.3. The number of rotatable bonds is 3. The van der Waals surface area contributed by atoms with Crippen LogP contribution in [0.1, 0.15) is 37.3 Å². The number of nitrogens with zero attached hydrogens (tertiary/aromatic N) is 4. The van der Waals surface area contributed by atoms with E-state index >= 15 is 0 Å². The van der Waals surface area contributed by atoms with E-state index in [1.807, 2.05) is 17.2 Å². The predicted octanol–water partition coefficient (Wildman–Crippen LogP) is 2.67.